The molecule has 1 heterocycles. The van der Waals surface area contributed by atoms with Crippen LogP contribution in [0.3, 0.4) is 0 Å². The van der Waals surface area contributed by atoms with E-state index in [0.29, 0.717) is 25.4 Å². The van der Waals surface area contributed by atoms with Crippen LogP contribution in [0.4, 0.5) is 11.4 Å². The number of rotatable bonds is 8. The van der Waals surface area contributed by atoms with Crippen LogP contribution in [0.1, 0.15) is 57.1 Å². The maximum absolute atomic E-state index is 12.7. The Morgan fingerprint density at radius 3 is 2.65 bits per heavy atom. The van der Waals surface area contributed by atoms with Crippen LogP contribution in [-0.2, 0) is 20.9 Å². The lowest BCUT2D eigenvalue weighted by Gasteiger charge is -2.18. The first-order chi connectivity index (χ1) is 14.9. The summed E-state index contributed by atoms with van der Waals surface area (Å²) in [6, 6.07) is 15.4. The molecule has 0 aliphatic carbocycles. The van der Waals surface area contributed by atoms with E-state index in [9.17, 15) is 14.4 Å². The predicted molar refractivity (Wildman–Crippen MR) is 123 cm³/mol. The number of carbonyl (C=O) groups excluding carboxylic acids is 3. The Hall–Kier alpha value is -3.15. The molecule has 6 heteroatoms. The van der Waals surface area contributed by atoms with Crippen molar-refractivity contribution in [3.63, 3.8) is 0 Å². The molecule has 0 aromatic heterocycles. The summed E-state index contributed by atoms with van der Waals surface area (Å²) in [4.78, 5) is 38.7. The fourth-order valence-electron chi connectivity index (χ4n) is 3.73. The first kappa shape index (κ1) is 22.5. The highest BCUT2D eigenvalue weighted by molar-refractivity contribution is 6.00. The number of amides is 3. The third-order valence-corrected chi connectivity index (χ3v) is 5.50. The van der Waals surface area contributed by atoms with Gasteiger partial charge in [-0.15, -0.1) is 0 Å². The molecule has 0 saturated carbocycles. The van der Waals surface area contributed by atoms with Gasteiger partial charge < -0.3 is 15.5 Å². The van der Waals surface area contributed by atoms with Crippen LogP contribution in [0.15, 0.2) is 48.5 Å². The minimum absolute atomic E-state index is 0.0187. The Balaban J connectivity index is 1.58. The average Bonchev–Trinajstić information content (AvgIpc) is 3.14. The molecule has 1 aliphatic rings. The van der Waals surface area contributed by atoms with E-state index in [1.807, 2.05) is 49.4 Å². The maximum Gasteiger partial charge on any atom is 0.227 e. The molecule has 31 heavy (non-hydrogen) atoms. The van der Waals surface area contributed by atoms with E-state index >= 15 is 0 Å². The van der Waals surface area contributed by atoms with Gasteiger partial charge >= 0.3 is 0 Å². The third kappa shape index (κ3) is 5.94. The lowest BCUT2D eigenvalue weighted by Crippen LogP contribution is -2.32. The van der Waals surface area contributed by atoms with Crippen molar-refractivity contribution in [3.05, 3.63) is 59.7 Å². The summed E-state index contributed by atoms with van der Waals surface area (Å²) in [6.07, 6.45) is 1.48. The molecule has 1 saturated heterocycles. The van der Waals surface area contributed by atoms with Crippen molar-refractivity contribution in [1.29, 1.82) is 0 Å². The van der Waals surface area contributed by atoms with Crippen molar-refractivity contribution >= 4 is 29.1 Å². The monoisotopic (exact) mass is 421 g/mol. The van der Waals surface area contributed by atoms with Crippen LogP contribution < -0.4 is 15.5 Å². The van der Waals surface area contributed by atoms with E-state index in [4.69, 9.17) is 0 Å². The lowest BCUT2D eigenvalue weighted by molar-refractivity contribution is -0.126. The number of carbonyl (C=O) groups is 3. The van der Waals surface area contributed by atoms with Gasteiger partial charge in [-0.2, -0.15) is 0 Å². The SMILES string of the molecule is CCCC(=O)Nc1cccc(CNC(=O)C2CC(=O)N(c3cccc(C(C)C)c3)C2)c1. The van der Waals surface area contributed by atoms with Crippen LogP contribution in [0.2, 0.25) is 0 Å². The largest absolute Gasteiger partial charge is 0.352 e. The molecule has 3 rings (SSSR count). The molecule has 2 aromatic carbocycles. The van der Waals surface area contributed by atoms with Crippen LogP contribution >= 0.6 is 0 Å². The summed E-state index contributed by atoms with van der Waals surface area (Å²) in [6.45, 7) is 6.93. The van der Waals surface area contributed by atoms with Gasteiger partial charge in [0.25, 0.3) is 0 Å². The molecule has 1 atom stereocenters. The Kier molecular flexibility index (Phi) is 7.45. The summed E-state index contributed by atoms with van der Waals surface area (Å²) in [5.74, 6) is -0.172. The first-order valence-corrected chi connectivity index (χ1v) is 10.9. The first-order valence-electron chi connectivity index (χ1n) is 10.9. The Morgan fingerprint density at radius 2 is 1.90 bits per heavy atom. The van der Waals surface area contributed by atoms with Crippen LogP contribution in [-0.4, -0.2) is 24.3 Å². The molecule has 6 nitrogen and oxygen atoms in total. The molecule has 0 radical (unpaired) electrons. The van der Waals surface area contributed by atoms with E-state index in [0.717, 1.165) is 23.4 Å². The van der Waals surface area contributed by atoms with Gasteiger partial charge in [0.2, 0.25) is 17.7 Å². The van der Waals surface area contributed by atoms with Gasteiger partial charge in [0, 0.05) is 37.3 Å². The van der Waals surface area contributed by atoms with Gasteiger partial charge in [-0.05, 0) is 47.7 Å². The standard InChI is InChI=1S/C25H31N3O3/c1-4-7-23(29)27-21-10-5-8-18(12-21)15-26-25(31)20-14-24(30)28(16-20)22-11-6-9-19(13-22)17(2)3/h5-6,8-13,17,20H,4,7,14-16H2,1-3H3,(H,26,31)(H,27,29). The van der Waals surface area contributed by atoms with Gasteiger partial charge in [-0.1, -0.05) is 45.0 Å². The topological polar surface area (TPSA) is 78.5 Å². The zero-order chi connectivity index (χ0) is 22.4. The lowest BCUT2D eigenvalue weighted by atomic mass is 10.0. The van der Waals surface area contributed by atoms with E-state index < -0.39 is 0 Å². The van der Waals surface area contributed by atoms with Crippen molar-refractivity contribution in [3.8, 4) is 0 Å². The second-order valence-electron chi connectivity index (χ2n) is 8.37. The fraction of sp³-hybridized carbons (Fsp3) is 0.400. The van der Waals surface area contributed by atoms with Gasteiger partial charge in [0.05, 0.1) is 5.92 Å². The van der Waals surface area contributed by atoms with Crippen molar-refractivity contribution in [1.82, 2.24) is 5.32 Å². The third-order valence-electron chi connectivity index (χ3n) is 5.50. The fourth-order valence-corrected chi connectivity index (χ4v) is 3.73. The molecule has 1 fully saturated rings. The number of nitrogens with one attached hydrogen (secondary N) is 2. The molecule has 3 amide bonds. The number of nitrogens with zero attached hydrogens (tertiary/aromatic N) is 1. The highest BCUT2D eigenvalue weighted by Gasteiger charge is 2.35. The van der Waals surface area contributed by atoms with Gasteiger partial charge in [-0.25, -0.2) is 0 Å². The van der Waals surface area contributed by atoms with E-state index in [-0.39, 0.29) is 30.1 Å². The zero-order valence-electron chi connectivity index (χ0n) is 18.5. The molecule has 1 unspecified atom stereocenters. The second-order valence-corrected chi connectivity index (χ2v) is 8.37. The highest BCUT2D eigenvalue weighted by atomic mass is 16.2. The minimum Gasteiger partial charge on any atom is -0.352 e. The quantitative estimate of drug-likeness (QED) is 0.670. The van der Waals surface area contributed by atoms with Crippen molar-refractivity contribution in [2.45, 2.75) is 52.5 Å². The number of hydrogen-bond acceptors (Lipinski definition) is 3. The van der Waals surface area contributed by atoms with Crippen LogP contribution in [0.5, 0.6) is 0 Å². The predicted octanol–water partition coefficient (Wildman–Crippen LogP) is 4.22. The van der Waals surface area contributed by atoms with E-state index in [1.165, 1.54) is 5.56 Å². The van der Waals surface area contributed by atoms with Crippen LogP contribution in [0.25, 0.3) is 0 Å². The maximum atomic E-state index is 12.7. The molecular formula is C25H31N3O3. The number of anilines is 2. The Morgan fingerprint density at radius 1 is 1.13 bits per heavy atom. The normalized spacial score (nSPS) is 15.9. The van der Waals surface area contributed by atoms with Gasteiger partial charge in [0.1, 0.15) is 0 Å². The number of benzene rings is 2. The van der Waals surface area contributed by atoms with E-state index in [2.05, 4.69) is 30.5 Å². The summed E-state index contributed by atoms with van der Waals surface area (Å²) in [7, 11) is 0. The van der Waals surface area contributed by atoms with Crippen molar-refractivity contribution in [2.24, 2.45) is 5.92 Å². The van der Waals surface area contributed by atoms with Gasteiger partial charge in [0.15, 0.2) is 0 Å². The Labute approximate surface area is 184 Å². The molecule has 0 spiro atoms. The summed E-state index contributed by atoms with van der Waals surface area (Å²) >= 11 is 0. The minimum atomic E-state index is -0.373. The Bertz CT molecular complexity index is 955. The van der Waals surface area contributed by atoms with Crippen LogP contribution in [0, 0.1) is 5.92 Å². The molecular weight excluding hydrogens is 390 g/mol. The van der Waals surface area contributed by atoms with Crippen molar-refractivity contribution < 1.29 is 14.4 Å². The zero-order valence-corrected chi connectivity index (χ0v) is 18.5. The van der Waals surface area contributed by atoms with Crippen molar-refractivity contribution in [2.75, 3.05) is 16.8 Å². The van der Waals surface area contributed by atoms with Gasteiger partial charge in [-0.3, -0.25) is 14.4 Å². The molecule has 1 aliphatic heterocycles. The average molecular weight is 422 g/mol. The second kappa shape index (κ2) is 10.2. The number of hydrogen-bond donors (Lipinski definition) is 2. The summed E-state index contributed by atoms with van der Waals surface area (Å²) in [5, 5.41) is 5.80. The summed E-state index contributed by atoms with van der Waals surface area (Å²) < 4.78 is 0. The molecule has 2 N–H and O–H groups in total. The highest BCUT2D eigenvalue weighted by Crippen LogP contribution is 2.28. The summed E-state index contributed by atoms with van der Waals surface area (Å²) in [5.41, 5.74) is 3.64. The molecule has 2 aromatic rings. The smallest absolute Gasteiger partial charge is 0.227 e. The molecule has 164 valence electrons. The van der Waals surface area contributed by atoms with E-state index in [1.54, 1.807) is 4.90 Å². The molecule has 0 bridgehead atoms.